The van der Waals surface area contributed by atoms with Gasteiger partial charge in [-0.25, -0.2) is 4.99 Å². The van der Waals surface area contributed by atoms with Crippen molar-refractivity contribution in [2.75, 3.05) is 19.1 Å². The maximum Gasteiger partial charge on any atom is 0.271 e. The molecule has 31 heavy (non-hydrogen) atoms. The average molecular weight is 451 g/mol. The maximum absolute atomic E-state index is 13.5. The Balaban J connectivity index is 1.85. The van der Waals surface area contributed by atoms with Gasteiger partial charge in [0.25, 0.3) is 5.91 Å². The van der Waals surface area contributed by atoms with Gasteiger partial charge < -0.3 is 9.47 Å². The topological polar surface area (TPSA) is 51.1 Å². The van der Waals surface area contributed by atoms with Gasteiger partial charge in [0.05, 0.1) is 24.8 Å². The number of ether oxygens (including phenoxy) is 2. The third kappa shape index (κ3) is 4.31. The number of anilines is 1. The van der Waals surface area contributed by atoms with Crippen molar-refractivity contribution in [1.82, 2.24) is 0 Å². The van der Waals surface area contributed by atoms with E-state index in [9.17, 15) is 4.79 Å². The fourth-order valence-corrected chi connectivity index (χ4v) is 4.30. The van der Waals surface area contributed by atoms with Crippen molar-refractivity contribution in [3.05, 3.63) is 88.3 Å². The molecule has 0 bridgehead atoms. The fourth-order valence-electron chi connectivity index (χ4n) is 3.13. The van der Waals surface area contributed by atoms with Crippen LogP contribution in [0, 0.1) is 0 Å². The Bertz CT molecular complexity index is 1190. The predicted molar refractivity (Wildman–Crippen MR) is 128 cm³/mol. The molecule has 156 valence electrons. The monoisotopic (exact) mass is 450 g/mol. The molecule has 3 aromatic carbocycles. The molecule has 1 amide bonds. The SMILES string of the molecule is COc1ccccc1N=C1SC(=Cc2ccccc2Cl)C(=O)N1c1ccccc1OC. The lowest BCUT2D eigenvalue weighted by Gasteiger charge is -2.18. The molecule has 5 nitrogen and oxygen atoms in total. The summed E-state index contributed by atoms with van der Waals surface area (Å²) in [4.78, 5) is 20.3. The van der Waals surface area contributed by atoms with Crippen molar-refractivity contribution in [2.24, 2.45) is 4.99 Å². The summed E-state index contributed by atoms with van der Waals surface area (Å²) in [6, 6.07) is 22.1. The minimum Gasteiger partial charge on any atom is -0.495 e. The quantitative estimate of drug-likeness (QED) is 0.436. The van der Waals surface area contributed by atoms with Crippen LogP contribution in [0.3, 0.4) is 0 Å². The zero-order valence-electron chi connectivity index (χ0n) is 16.9. The summed E-state index contributed by atoms with van der Waals surface area (Å²) in [6.07, 6.45) is 1.78. The van der Waals surface area contributed by atoms with Crippen molar-refractivity contribution < 1.29 is 14.3 Å². The molecule has 0 aromatic heterocycles. The zero-order valence-corrected chi connectivity index (χ0v) is 18.5. The van der Waals surface area contributed by atoms with Gasteiger partial charge in [-0.3, -0.25) is 9.69 Å². The molecule has 1 aliphatic rings. The molecular formula is C24H19ClN2O3S. The van der Waals surface area contributed by atoms with Gasteiger partial charge >= 0.3 is 0 Å². The molecule has 0 N–H and O–H groups in total. The molecule has 0 saturated carbocycles. The molecule has 1 aliphatic heterocycles. The van der Waals surface area contributed by atoms with Crippen LogP contribution in [0.25, 0.3) is 6.08 Å². The number of amides is 1. The highest BCUT2D eigenvalue weighted by Gasteiger charge is 2.36. The first kappa shape index (κ1) is 21.0. The van der Waals surface area contributed by atoms with Gasteiger partial charge in [-0.2, -0.15) is 0 Å². The van der Waals surface area contributed by atoms with Crippen LogP contribution in [-0.4, -0.2) is 25.3 Å². The highest BCUT2D eigenvalue weighted by molar-refractivity contribution is 8.19. The minimum atomic E-state index is -0.205. The van der Waals surface area contributed by atoms with E-state index in [-0.39, 0.29) is 5.91 Å². The molecular weight excluding hydrogens is 432 g/mol. The Labute approximate surface area is 190 Å². The lowest BCUT2D eigenvalue weighted by Crippen LogP contribution is -2.29. The van der Waals surface area contributed by atoms with Crippen LogP contribution in [0.5, 0.6) is 11.5 Å². The molecule has 0 atom stereocenters. The molecule has 0 spiro atoms. The predicted octanol–water partition coefficient (Wildman–Crippen LogP) is 6.17. The number of carbonyl (C=O) groups is 1. The Morgan fingerprint density at radius 1 is 0.903 bits per heavy atom. The van der Waals surface area contributed by atoms with E-state index in [0.29, 0.717) is 38.0 Å². The second kappa shape index (κ2) is 9.29. The van der Waals surface area contributed by atoms with E-state index >= 15 is 0 Å². The van der Waals surface area contributed by atoms with Gasteiger partial charge in [0.15, 0.2) is 5.17 Å². The highest BCUT2D eigenvalue weighted by Crippen LogP contribution is 2.42. The molecule has 7 heteroatoms. The third-order valence-corrected chi connectivity index (χ3v) is 5.94. The number of thioether (sulfide) groups is 1. The molecule has 0 radical (unpaired) electrons. The van der Waals surface area contributed by atoms with Crippen molar-refractivity contribution in [3.63, 3.8) is 0 Å². The number of nitrogens with zero attached hydrogens (tertiary/aromatic N) is 2. The Hall–Kier alpha value is -3.22. The minimum absolute atomic E-state index is 0.205. The number of halogens is 1. The number of benzene rings is 3. The molecule has 1 heterocycles. The fraction of sp³-hybridized carbons (Fsp3) is 0.0833. The number of methoxy groups -OCH3 is 2. The van der Waals surface area contributed by atoms with Crippen LogP contribution < -0.4 is 14.4 Å². The Morgan fingerprint density at radius 2 is 1.55 bits per heavy atom. The summed E-state index contributed by atoms with van der Waals surface area (Å²) < 4.78 is 10.9. The van der Waals surface area contributed by atoms with Gasteiger partial charge in [0, 0.05) is 5.02 Å². The van der Waals surface area contributed by atoms with Crippen LogP contribution in [0.4, 0.5) is 11.4 Å². The smallest absolute Gasteiger partial charge is 0.271 e. The highest BCUT2D eigenvalue weighted by atomic mass is 35.5. The maximum atomic E-state index is 13.5. The Kier molecular flexibility index (Phi) is 6.30. The molecule has 0 unspecified atom stereocenters. The van der Waals surface area contributed by atoms with Crippen molar-refractivity contribution in [2.45, 2.75) is 0 Å². The van der Waals surface area contributed by atoms with Gasteiger partial charge in [0.1, 0.15) is 17.2 Å². The first-order valence-corrected chi connectivity index (χ1v) is 10.6. The number of amidine groups is 1. The molecule has 4 rings (SSSR count). The first-order chi connectivity index (χ1) is 15.1. The zero-order chi connectivity index (χ0) is 21.8. The molecule has 0 aliphatic carbocycles. The largest absolute Gasteiger partial charge is 0.495 e. The van der Waals surface area contributed by atoms with E-state index < -0.39 is 0 Å². The number of hydrogen-bond donors (Lipinski definition) is 0. The lowest BCUT2D eigenvalue weighted by molar-refractivity contribution is -0.113. The first-order valence-electron chi connectivity index (χ1n) is 9.45. The second-order valence-corrected chi connectivity index (χ2v) is 7.93. The van der Waals surface area contributed by atoms with E-state index in [1.165, 1.54) is 11.8 Å². The number of hydrogen-bond acceptors (Lipinski definition) is 5. The summed E-state index contributed by atoms with van der Waals surface area (Å²) in [7, 11) is 3.16. The van der Waals surface area contributed by atoms with Crippen LogP contribution in [-0.2, 0) is 4.79 Å². The normalized spacial score (nSPS) is 16.2. The summed E-state index contributed by atoms with van der Waals surface area (Å²) in [5.41, 5.74) is 2.00. The standard InChI is InChI=1S/C24H19ClN2O3S/c1-29-20-13-7-5-11-18(20)26-24-27(19-12-6-8-14-21(19)30-2)23(28)22(31-24)15-16-9-3-4-10-17(16)25/h3-15H,1-2H3. The number of rotatable bonds is 5. The van der Waals surface area contributed by atoms with Crippen LogP contribution in [0.15, 0.2) is 82.7 Å². The van der Waals surface area contributed by atoms with Crippen molar-refractivity contribution in [3.8, 4) is 11.5 Å². The summed E-state index contributed by atoms with van der Waals surface area (Å²) in [5, 5.41) is 1.07. The van der Waals surface area contributed by atoms with Gasteiger partial charge in [-0.1, -0.05) is 54.1 Å². The van der Waals surface area contributed by atoms with Gasteiger partial charge in [0.2, 0.25) is 0 Å². The summed E-state index contributed by atoms with van der Waals surface area (Å²) in [6.45, 7) is 0. The third-order valence-electron chi connectivity index (χ3n) is 4.63. The second-order valence-electron chi connectivity index (χ2n) is 6.51. The van der Waals surface area contributed by atoms with E-state index in [2.05, 4.69) is 0 Å². The molecule has 3 aromatic rings. The van der Waals surface area contributed by atoms with Gasteiger partial charge in [-0.05, 0) is 53.7 Å². The lowest BCUT2D eigenvalue weighted by atomic mass is 10.2. The van der Waals surface area contributed by atoms with E-state index in [1.54, 1.807) is 31.3 Å². The average Bonchev–Trinajstić information content (AvgIpc) is 3.10. The van der Waals surface area contributed by atoms with Gasteiger partial charge in [-0.15, -0.1) is 0 Å². The van der Waals surface area contributed by atoms with Crippen molar-refractivity contribution in [1.29, 1.82) is 0 Å². The van der Waals surface area contributed by atoms with Crippen LogP contribution >= 0.6 is 23.4 Å². The van der Waals surface area contributed by atoms with E-state index in [4.69, 9.17) is 26.1 Å². The number of carbonyl (C=O) groups excluding carboxylic acids is 1. The molecule has 1 fully saturated rings. The van der Waals surface area contributed by atoms with Crippen molar-refractivity contribution >= 4 is 51.9 Å². The Morgan fingerprint density at radius 3 is 2.29 bits per heavy atom. The summed E-state index contributed by atoms with van der Waals surface area (Å²) >= 11 is 7.59. The molecule has 1 saturated heterocycles. The van der Waals surface area contributed by atoms with E-state index in [1.807, 2.05) is 66.7 Å². The van der Waals surface area contributed by atoms with Crippen LogP contribution in [0.2, 0.25) is 5.02 Å². The van der Waals surface area contributed by atoms with Crippen LogP contribution in [0.1, 0.15) is 5.56 Å². The van der Waals surface area contributed by atoms with E-state index in [0.717, 1.165) is 5.56 Å². The number of para-hydroxylation sites is 4. The number of aliphatic imine (C=N–C) groups is 1. The summed E-state index contributed by atoms with van der Waals surface area (Å²) in [5.74, 6) is 0.984.